The second-order valence-electron chi connectivity index (χ2n) is 6.12. The highest BCUT2D eigenvalue weighted by molar-refractivity contribution is 5.85. The summed E-state index contributed by atoms with van der Waals surface area (Å²) < 4.78 is 0. The number of amides is 1. The third kappa shape index (κ3) is 3.18. The summed E-state index contributed by atoms with van der Waals surface area (Å²) in [6.07, 6.45) is 8.74. The van der Waals surface area contributed by atoms with Gasteiger partial charge in [0, 0.05) is 25.6 Å². The lowest BCUT2D eigenvalue weighted by molar-refractivity contribution is -0.121. The van der Waals surface area contributed by atoms with E-state index in [1.165, 1.54) is 32.1 Å². The lowest BCUT2D eigenvalue weighted by Crippen LogP contribution is -2.32. The molecule has 1 heterocycles. The molecule has 3 aliphatic rings. The zero-order valence-corrected chi connectivity index (χ0v) is 11.8. The molecule has 4 heteroatoms. The Balaban J connectivity index is 0.00000120. The van der Waals surface area contributed by atoms with Crippen LogP contribution in [0.25, 0.3) is 0 Å². The van der Waals surface area contributed by atoms with Crippen LogP contribution in [0, 0.1) is 17.8 Å². The summed E-state index contributed by atoms with van der Waals surface area (Å²) in [7, 11) is 0. The fraction of sp³-hybridized carbons (Fsp3) is 0.929. The van der Waals surface area contributed by atoms with Crippen molar-refractivity contribution in [3.8, 4) is 0 Å². The van der Waals surface area contributed by atoms with Crippen molar-refractivity contribution in [1.82, 2.24) is 10.6 Å². The number of rotatable bonds is 4. The normalized spacial score (nSPS) is 34.6. The molecule has 2 N–H and O–H groups in total. The zero-order chi connectivity index (χ0) is 11.7. The summed E-state index contributed by atoms with van der Waals surface area (Å²) in [6.45, 7) is 2.22. The lowest BCUT2D eigenvalue weighted by atomic mass is 9.86. The molecule has 1 saturated heterocycles. The zero-order valence-electron chi connectivity index (χ0n) is 11.0. The first-order chi connectivity index (χ1) is 8.34. The number of nitrogens with one attached hydrogen (secondary N) is 2. The minimum Gasteiger partial charge on any atom is -0.353 e. The third-order valence-corrected chi connectivity index (χ3v) is 4.92. The van der Waals surface area contributed by atoms with Crippen LogP contribution in [0.1, 0.15) is 44.9 Å². The van der Waals surface area contributed by atoms with Crippen LogP contribution in [0.3, 0.4) is 0 Å². The Labute approximate surface area is 116 Å². The van der Waals surface area contributed by atoms with Gasteiger partial charge in [0.1, 0.15) is 0 Å². The van der Waals surface area contributed by atoms with Crippen LogP contribution in [-0.4, -0.2) is 25.0 Å². The van der Waals surface area contributed by atoms with Crippen molar-refractivity contribution in [3.05, 3.63) is 0 Å². The van der Waals surface area contributed by atoms with E-state index in [0.29, 0.717) is 11.9 Å². The van der Waals surface area contributed by atoms with Gasteiger partial charge in [0.05, 0.1) is 0 Å². The summed E-state index contributed by atoms with van der Waals surface area (Å²) in [4.78, 5) is 11.8. The number of carbonyl (C=O) groups excluding carboxylic acids is 1. The van der Waals surface area contributed by atoms with Crippen LogP contribution in [-0.2, 0) is 4.79 Å². The summed E-state index contributed by atoms with van der Waals surface area (Å²) in [5, 5.41) is 6.57. The van der Waals surface area contributed by atoms with Crippen LogP contribution >= 0.6 is 12.4 Å². The molecule has 2 saturated carbocycles. The average molecular weight is 273 g/mol. The predicted molar refractivity (Wildman–Crippen MR) is 74.8 cm³/mol. The Morgan fingerprint density at radius 2 is 1.78 bits per heavy atom. The van der Waals surface area contributed by atoms with Gasteiger partial charge in [0.25, 0.3) is 0 Å². The highest BCUT2D eigenvalue weighted by Gasteiger charge is 2.53. The van der Waals surface area contributed by atoms with E-state index in [-0.39, 0.29) is 12.4 Å². The van der Waals surface area contributed by atoms with E-state index in [4.69, 9.17) is 0 Å². The van der Waals surface area contributed by atoms with Crippen molar-refractivity contribution in [2.75, 3.05) is 13.1 Å². The number of halogens is 1. The van der Waals surface area contributed by atoms with Gasteiger partial charge in [-0.1, -0.05) is 32.1 Å². The van der Waals surface area contributed by atoms with E-state index in [1.807, 2.05) is 0 Å². The van der Waals surface area contributed by atoms with Crippen LogP contribution in [0.5, 0.6) is 0 Å². The summed E-state index contributed by atoms with van der Waals surface area (Å²) in [6, 6.07) is 0.509. The Hall–Kier alpha value is -0.280. The molecule has 0 bridgehead atoms. The summed E-state index contributed by atoms with van der Waals surface area (Å²) in [5.74, 6) is 2.62. The SMILES string of the molecule is Cl.O=C(CCC1CCCCC1)NC1C2CNCC21. The first kappa shape index (κ1) is 14.1. The predicted octanol–water partition coefficient (Wildman–Crippen LogP) is 2.10. The molecule has 2 atom stereocenters. The monoisotopic (exact) mass is 272 g/mol. The number of hydrogen-bond acceptors (Lipinski definition) is 2. The van der Waals surface area contributed by atoms with Gasteiger partial charge in [0.2, 0.25) is 5.91 Å². The molecule has 3 rings (SSSR count). The van der Waals surface area contributed by atoms with Crippen molar-refractivity contribution >= 4 is 18.3 Å². The van der Waals surface area contributed by atoms with Gasteiger partial charge < -0.3 is 10.6 Å². The standard InChI is InChI=1S/C14H24N2O.ClH/c17-13(7-6-10-4-2-1-3-5-10)16-14-11-8-15-9-12(11)14;/h10-12,14-15H,1-9H2,(H,16,17);1H. The molecule has 0 spiro atoms. The molecule has 18 heavy (non-hydrogen) atoms. The minimum atomic E-state index is 0. The summed E-state index contributed by atoms with van der Waals surface area (Å²) >= 11 is 0. The lowest BCUT2D eigenvalue weighted by Gasteiger charge is -2.21. The maximum absolute atomic E-state index is 11.8. The molecule has 3 fully saturated rings. The number of fused-ring (bicyclic) bond motifs is 1. The first-order valence-electron chi connectivity index (χ1n) is 7.34. The molecule has 3 nitrogen and oxygen atoms in total. The average Bonchev–Trinajstić information content (AvgIpc) is 2.79. The van der Waals surface area contributed by atoms with Gasteiger partial charge in [-0.15, -0.1) is 12.4 Å². The molecule has 1 aliphatic heterocycles. The summed E-state index contributed by atoms with van der Waals surface area (Å²) in [5.41, 5.74) is 0. The molecular formula is C14H25ClN2O. The van der Waals surface area contributed by atoms with Crippen molar-refractivity contribution in [1.29, 1.82) is 0 Å². The van der Waals surface area contributed by atoms with E-state index in [0.717, 1.165) is 43.7 Å². The number of carbonyl (C=O) groups is 1. The highest BCUT2D eigenvalue weighted by atomic mass is 35.5. The topological polar surface area (TPSA) is 41.1 Å². The van der Waals surface area contributed by atoms with Crippen molar-refractivity contribution < 1.29 is 4.79 Å². The fourth-order valence-corrected chi connectivity index (χ4v) is 3.70. The van der Waals surface area contributed by atoms with Crippen LogP contribution < -0.4 is 10.6 Å². The largest absolute Gasteiger partial charge is 0.353 e. The van der Waals surface area contributed by atoms with Gasteiger partial charge in [-0.25, -0.2) is 0 Å². The quantitative estimate of drug-likeness (QED) is 0.823. The van der Waals surface area contributed by atoms with Crippen LogP contribution in [0.2, 0.25) is 0 Å². The second-order valence-corrected chi connectivity index (χ2v) is 6.12. The maximum Gasteiger partial charge on any atom is 0.220 e. The van der Waals surface area contributed by atoms with Crippen molar-refractivity contribution in [2.45, 2.75) is 51.0 Å². The van der Waals surface area contributed by atoms with Crippen LogP contribution in [0.4, 0.5) is 0 Å². The van der Waals surface area contributed by atoms with Gasteiger partial charge >= 0.3 is 0 Å². The first-order valence-corrected chi connectivity index (χ1v) is 7.34. The highest BCUT2D eigenvalue weighted by Crippen LogP contribution is 2.41. The Kier molecular flexibility index (Phi) is 4.91. The van der Waals surface area contributed by atoms with Crippen LogP contribution in [0.15, 0.2) is 0 Å². The Bertz CT molecular complexity index is 282. The smallest absolute Gasteiger partial charge is 0.220 e. The Morgan fingerprint density at radius 3 is 2.44 bits per heavy atom. The Morgan fingerprint density at radius 1 is 1.11 bits per heavy atom. The molecule has 0 aromatic carbocycles. The van der Waals surface area contributed by atoms with Gasteiger partial charge in [-0.05, 0) is 24.2 Å². The molecule has 0 aromatic rings. The molecule has 104 valence electrons. The van der Waals surface area contributed by atoms with Gasteiger partial charge in [-0.3, -0.25) is 4.79 Å². The van der Waals surface area contributed by atoms with E-state index < -0.39 is 0 Å². The molecule has 1 amide bonds. The molecule has 0 aromatic heterocycles. The number of piperidine rings is 1. The molecule has 2 unspecified atom stereocenters. The van der Waals surface area contributed by atoms with E-state index >= 15 is 0 Å². The van der Waals surface area contributed by atoms with Crippen molar-refractivity contribution in [3.63, 3.8) is 0 Å². The fourth-order valence-electron chi connectivity index (χ4n) is 3.70. The third-order valence-electron chi connectivity index (χ3n) is 4.92. The maximum atomic E-state index is 11.8. The van der Waals surface area contributed by atoms with E-state index in [9.17, 15) is 4.79 Å². The van der Waals surface area contributed by atoms with E-state index in [1.54, 1.807) is 0 Å². The van der Waals surface area contributed by atoms with Gasteiger partial charge in [0.15, 0.2) is 0 Å². The second kappa shape index (κ2) is 6.25. The van der Waals surface area contributed by atoms with Crippen molar-refractivity contribution in [2.24, 2.45) is 17.8 Å². The molecule has 2 aliphatic carbocycles. The molecular weight excluding hydrogens is 248 g/mol. The molecule has 0 radical (unpaired) electrons. The number of hydrogen-bond donors (Lipinski definition) is 2. The van der Waals surface area contributed by atoms with E-state index in [2.05, 4.69) is 10.6 Å². The minimum absolute atomic E-state index is 0. The van der Waals surface area contributed by atoms with Gasteiger partial charge in [-0.2, -0.15) is 0 Å².